The van der Waals surface area contributed by atoms with Gasteiger partial charge in [-0.15, -0.1) is 0 Å². The number of nitrogens with one attached hydrogen (secondary N) is 2. The van der Waals surface area contributed by atoms with Gasteiger partial charge in [-0.2, -0.15) is 23.7 Å². The van der Waals surface area contributed by atoms with Crippen molar-refractivity contribution < 1.29 is 14.4 Å². The predicted molar refractivity (Wildman–Crippen MR) is 59.2 cm³/mol. The van der Waals surface area contributed by atoms with Crippen LogP contribution in [0.25, 0.3) is 0 Å². The number of rotatable bonds is 1. The van der Waals surface area contributed by atoms with Crippen molar-refractivity contribution in [1.82, 2.24) is 20.4 Å². The van der Waals surface area contributed by atoms with Crippen LogP contribution in [-0.2, 0) is 4.57 Å². The zero-order valence-corrected chi connectivity index (χ0v) is 9.43. The van der Waals surface area contributed by atoms with Crippen LogP contribution < -0.4 is 5.44 Å². The quantitative estimate of drug-likeness (QED) is 0.520. The SMILES string of the molecule is O=P(O)(O)c1ccn[nH]1.S.c1cn[nH]c1. The molecule has 4 N–H and O–H groups in total. The Morgan fingerprint density at radius 3 is 2.20 bits per heavy atom. The molecule has 9 heteroatoms. The summed E-state index contributed by atoms with van der Waals surface area (Å²) in [6.07, 6.45) is 4.74. The molecule has 0 saturated heterocycles. The van der Waals surface area contributed by atoms with Gasteiger partial charge in [-0.25, -0.2) is 0 Å². The molecule has 84 valence electrons. The van der Waals surface area contributed by atoms with Crippen LogP contribution in [0.5, 0.6) is 0 Å². The molecule has 2 heterocycles. The van der Waals surface area contributed by atoms with Gasteiger partial charge in [-0.1, -0.05) is 0 Å². The van der Waals surface area contributed by atoms with Gasteiger partial charge in [-0.05, 0) is 12.1 Å². The molecule has 2 aromatic heterocycles. The molecule has 2 aromatic rings. The summed E-state index contributed by atoms with van der Waals surface area (Å²) in [4.78, 5) is 16.8. The molecule has 0 aliphatic rings. The van der Waals surface area contributed by atoms with Gasteiger partial charge in [0.1, 0.15) is 5.44 Å². The van der Waals surface area contributed by atoms with Gasteiger partial charge in [0.05, 0.1) is 0 Å². The van der Waals surface area contributed by atoms with Gasteiger partial charge in [0.2, 0.25) is 0 Å². The number of hydrogen-bond acceptors (Lipinski definition) is 3. The van der Waals surface area contributed by atoms with Crippen LogP contribution in [0.1, 0.15) is 0 Å². The second kappa shape index (κ2) is 6.41. The van der Waals surface area contributed by atoms with E-state index in [-0.39, 0.29) is 18.9 Å². The predicted octanol–water partition coefficient (Wildman–Crippen LogP) is -0.265. The lowest BCUT2D eigenvalue weighted by atomic mass is 10.8. The summed E-state index contributed by atoms with van der Waals surface area (Å²) in [5, 5.41) is 11.7. The molecule has 0 unspecified atom stereocenters. The zero-order valence-electron chi connectivity index (χ0n) is 7.53. The van der Waals surface area contributed by atoms with Gasteiger partial charge in [0.15, 0.2) is 0 Å². The summed E-state index contributed by atoms with van der Waals surface area (Å²) in [7, 11) is -4.09. The lowest BCUT2D eigenvalue weighted by Crippen LogP contribution is -2.03. The van der Waals surface area contributed by atoms with Crippen molar-refractivity contribution in [3.05, 3.63) is 30.7 Å². The zero-order chi connectivity index (χ0) is 10.4. The summed E-state index contributed by atoms with van der Waals surface area (Å²) in [5.41, 5.74) is -0.150. The molecule has 0 aliphatic heterocycles. The molecule has 0 aliphatic carbocycles. The van der Waals surface area contributed by atoms with Gasteiger partial charge < -0.3 is 9.79 Å². The molecule has 0 radical (unpaired) electrons. The van der Waals surface area contributed by atoms with Crippen molar-refractivity contribution in [2.75, 3.05) is 0 Å². The van der Waals surface area contributed by atoms with Crippen LogP contribution in [0.3, 0.4) is 0 Å². The molecule has 0 bridgehead atoms. The van der Waals surface area contributed by atoms with Gasteiger partial charge in [-0.3, -0.25) is 14.8 Å². The maximum atomic E-state index is 10.3. The van der Waals surface area contributed by atoms with E-state index in [9.17, 15) is 4.57 Å². The Kier molecular flexibility index (Phi) is 5.95. The Hall–Kier alpha value is -1.08. The van der Waals surface area contributed by atoms with E-state index >= 15 is 0 Å². The van der Waals surface area contributed by atoms with Crippen molar-refractivity contribution in [3.63, 3.8) is 0 Å². The molecule has 0 aromatic carbocycles. The van der Waals surface area contributed by atoms with Crippen LogP contribution in [0.2, 0.25) is 0 Å². The van der Waals surface area contributed by atoms with E-state index in [1.807, 2.05) is 6.07 Å². The molecule has 0 amide bonds. The van der Waals surface area contributed by atoms with Crippen LogP contribution >= 0.6 is 21.1 Å². The lowest BCUT2D eigenvalue weighted by Gasteiger charge is -1.95. The van der Waals surface area contributed by atoms with E-state index in [0.29, 0.717) is 0 Å². The Labute approximate surface area is 92.5 Å². The van der Waals surface area contributed by atoms with Crippen LogP contribution in [0.4, 0.5) is 0 Å². The summed E-state index contributed by atoms with van der Waals surface area (Å²) in [6, 6.07) is 3.07. The van der Waals surface area contributed by atoms with Crippen molar-refractivity contribution in [3.8, 4) is 0 Å². The summed E-state index contributed by atoms with van der Waals surface area (Å²) in [5.74, 6) is 0. The summed E-state index contributed by atoms with van der Waals surface area (Å²) < 4.78 is 10.3. The fourth-order valence-corrected chi connectivity index (χ4v) is 1.07. The minimum Gasteiger partial charge on any atom is -0.320 e. The number of nitrogens with zero attached hydrogens (tertiary/aromatic N) is 2. The Balaban J connectivity index is 0.000000280. The second-order valence-corrected chi connectivity index (χ2v) is 3.82. The molecule has 0 atom stereocenters. The first-order chi connectivity index (χ1) is 6.61. The maximum Gasteiger partial charge on any atom is 0.373 e. The van der Waals surface area contributed by atoms with Gasteiger partial charge >= 0.3 is 7.60 Å². The largest absolute Gasteiger partial charge is 0.373 e. The highest BCUT2D eigenvalue weighted by Gasteiger charge is 2.17. The molecule has 15 heavy (non-hydrogen) atoms. The number of H-pyrrole nitrogens is 2. The molecule has 2 rings (SSSR count). The number of hydrogen-bond donors (Lipinski definition) is 4. The van der Waals surface area contributed by atoms with Crippen LogP contribution in [0, 0.1) is 0 Å². The topological polar surface area (TPSA) is 115 Å². The molecule has 0 fully saturated rings. The first kappa shape index (κ1) is 13.9. The van der Waals surface area contributed by atoms with E-state index in [4.69, 9.17) is 9.79 Å². The van der Waals surface area contributed by atoms with Gasteiger partial charge in [0.25, 0.3) is 0 Å². The van der Waals surface area contributed by atoms with Crippen LogP contribution in [0.15, 0.2) is 30.7 Å². The first-order valence-corrected chi connectivity index (χ1v) is 5.21. The van der Waals surface area contributed by atoms with Gasteiger partial charge in [0, 0.05) is 18.6 Å². The Bertz CT molecular complexity index is 367. The molecule has 7 nitrogen and oxygen atoms in total. The van der Waals surface area contributed by atoms with Crippen molar-refractivity contribution in [2.45, 2.75) is 0 Å². The fourth-order valence-electron chi connectivity index (χ4n) is 0.626. The molecule has 0 saturated carbocycles. The third-order valence-corrected chi connectivity index (χ3v) is 2.08. The summed E-state index contributed by atoms with van der Waals surface area (Å²) in [6.45, 7) is 0. The van der Waals surface area contributed by atoms with Crippen LogP contribution in [-0.4, -0.2) is 30.2 Å². The third kappa shape index (κ3) is 5.38. The Morgan fingerprint density at radius 1 is 1.27 bits per heavy atom. The van der Waals surface area contributed by atoms with E-state index in [0.717, 1.165) is 0 Å². The van der Waals surface area contributed by atoms with E-state index in [1.54, 1.807) is 12.4 Å². The second-order valence-electron chi connectivity index (χ2n) is 2.25. The van der Waals surface area contributed by atoms with E-state index < -0.39 is 7.60 Å². The molecular weight excluding hydrogens is 239 g/mol. The number of aromatic nitrogens is 4. The minimum absolute atomic E-state index is 0. The summed E-state index contributed by atoms with van der Waals surface area (Å²) >= 11 is 0. The average Bonchev–Trinajstić information content (AvgIpc) is 2.80. The van der Waals surface area contributed by atoms with Crippen molar-refractivity contribution in [1.29, 1.82) is 0 Å². The maximum absolute atomic E-state index is 10.3. The monoisotopic (exact) mass is 250 g/mol. The van der Waals surface area contributed by atoms with E-state index in [1.165, 1.54) is 12.3 Å². The average molecular weight is 250 g/mol. The van der Waals surface area contributed by atoms with Crippen molar-refractivity contribution >= 4 is 26.5 Å². The third-order valence-electron chi connectivity index (χ3n) is 1.21. The molecule has 0 spiro atoms. The highest BCUT2D eigenvalue weighted by atomic mass is 32.1. The lowest BCUT2D eigenvalue weighted by molar-refractivity contribution is 0.386. The highest BCUT2D eigenvalue weighted by molar-refractivity contribution is 7.60. The Morgan fingerprint density at radius 2 is 2.00 bits per heavy atom. The highest BCUT2D eigenvalue weighted by Crippen LogP contribution is 2.31. The number of aromatic amines is 2. The first-order valence-electron chi connectivity index (χ1n) is 3.60. The standard InChI is InChI=1S/C3H5N2O3P.C3H4N2.H2S/c6-9(7,8)3-1-2-4-5-3;1-2-4-5-3-1;/h1-2H,(H,4,5)(H2,6,7,8);1-3H,(H,4,5);1H2. The fraction of sp³-hybridized carbons (Fsp3) is 0. The normalized spacial score (nSPS) is 9.73. The smallest absolute Gasteiger partial charge is 0.320 e. The van der Waals surface area contributed by atoms with E-state index in [2.05, 4.69) is 20.4 Å². The molecular formula is C6H11N4O3PS. The minimum atomic E-state index is -4.09. The van der Waals surface area contributed by atoms with Crippen molar-refractivity contribution in [2.24, 2.45) is 0 Å².